The molecule has 0 aliphatic rings. The van der Waals surface area contributed by atoms with E-state index in [1.807, 2.05) is 30.3 Å². The van der Waals surface area contributed by atoms with Gasteiger partial charge in [-0.25, -0.2) is 0 Å². The molecule has 0 radical (unpaired) electrons. The van der Waals surface area contributed by atoms with E-state index in [4.69, 9.17) is 17.3 Å². The van der Waals surface area contributed by atoms with Gasteiger partial charge in [-0.1, -0.05) is 49.4 Å². The molecule has 5 nitrogen and oxygen atoms in total. The second kappa shape index (κ2) is 9.22. The first-order valence-corrected chi connectivity index (χ1v) is 9.49. The molecule has 3 rings (SSSR count). The van der Waals surface area contributed by atoms with Crippen molar-refractivity contribution in [2.75, 3.05) is 0 Å². The summed E-state index contributed by atoms with van der Waals surface area (Å²) in [6, 6.07) is 15.6. The third-order valence-electron chi connectivity index (χ3n) is 4.59. The van der Waals surface area contributed by atoms with Crippen molar-refractivity contribution in [1.29, 1.82) is 0 Å². The molecule has 28 heavy (non-hydrogen) atoms. The molecular weight excluding hydrogens is 372 g/mol. The zero-order chi connectivity index (χ0) is 19.4. The first kappa shape index (κ1) is 21.9. The molecule has 1 atom stereocenters. The van der Waals surface area contributed by atoms with E-state index in [0.717, 1.165) is 35.9 Å². The summed E-state index contributed by atoms with van der Waals surface area (Å²) in [6.45, 7) is 3.40. The number of fused-ring (bicyclic) bond motifs is 1. The predicted octanol–water partition coefficient (Wildman–Crippen LogP) is 4.77. The van der Waals surface area contributed by atoms with Crippen molar-refractivity contribution in [2.45, 2.75) is 52.1 Å². The van der Waals surface area contributed by atoms with E-state index in [2.05, 4.69) is 27.6 Å². The van der Waals surface area contributed by atoms with Crippen molar-refractivity contribution in [3.63, 3.8) is 0 Å². The second-order valence-corrected chi connectivity index (χ2v) is 7.86. The Kier molecular flexibility index (Phi) is 7.22. The van der Waals surface area contributed by atoms with Gasteiger partial charge in [0.05, 0.1) is 22.8 Å². The summed E-state index contributed by atoms with van der Waals surface area (Å²) < 4.78 is 0. The molecule has 0 spiro atoms. The number of nitrogens with zero attached hydrogens (tertiary/aromatic N) is 1. The number of carbonyl (C=O) groups excluding carboxylic acids is 1. The Balaban J connectivity index is 0.00000280. The number of hydrogen-bond acceptors (Lipinski definition) is 3. The SMILES string of the molecule is C.CC(C)(N)C(=O)NC(CCCc1ccccc1)c1[nH]nc2ccc(Cl)cc12. The maximum absolute atomic E-state index is 12.5. The molecule has 4 N–H and O–H groups in total. The molecule has 6 heteroatoms. The van der Waals surface area contributed by atoms with Gasteiger partial charge in [0, 0.05) is 10.4 Å². The maximum atomic E-state index is 12.5. The zero-order valence-corrected chi connectivity index (χ0v) is 16.4. The van der Waals surface area contributed by atoms with Gasteiger partial charge in [0.1, 0.15) is 0 Å². The number of carbonyl (C=O) groups is 1. The highest BCUT2D eigenvalue weighted by atomic mass is 35.5. The Morgan fingerprint density at radius 2 is 1.96 bits per heavy atom. The van der Waals surface area contributed by atoms with Crippen LogP contribution in [0.2, 0.25) is 5.02 Å². The molecule has 0 fully saturated rings. The molecule has 0 aliphatic heterocycles. The van der Waals surface area contributed by atoms with Crippen molar-refractivity contribution in [1.82, 2.24) is 15.5 Å². The van der Waals surface area contributed by atoms with Crippen LogP contribution in [0.25, 0.3) is 10.9 Å². The molecule has 0 saturated heterocycles. The average Bonchev–Trinajstić information content (AvgIpc) is 3.03. The number of nitrogens with one attached hydrogen (secondary N) is 2. The molecule has 1 aromatic heterocycles. The first-order valence-electron chi connectivity index (χ1n) is 9.12. The smallest absolute Gasteiger partial charge is 0.240 e. The van der Waals surface area contributed by atoms with Gasteiger partial charge in [-0.15, -0.1) is 0 Å². The van der Waals surface area contributed by atoms with Crippen molar-refractivity contribution in [2.24, 2.45) is 5.73 Å². The van der Waals surface area contributed by atoms with Gasteiger partial charge in [-0.3, -0.25) is 9.89 Å². The Morgan fingerprint density at radius 3 is 2.64 bits per heavy atom. The van der Waals surface area contributed by atoms with Crippen molar-refractivity contribution >= 4 is 28.4 Å². The van der Waals surface area contributed by atoms with Crippen LogP contribution in [-0.4, -0.2) is 21.6 Å². The molecule has 1 heterocycles. The minimum atomic E-state index is -0.953. The monoisotopic (exact) mass is 400 g/mol. The number of benzene rings is 2. The summed E-state index contributed by atoms with van der Waals surface area (Å²) >= 11 is 6.17. The lowest BCUT2D eigenvalue weighted by Gasteiger charge is -2.24. The minimum absolute atomic E-state index is 0. The normalized spacial score (nSPS) is 12.4. The number of amides is 1. The zero-order valence-electron chi connectivity index (χ0n) is 15.6. The lowest BCUT2D eigenvalue weighted by Crippen LogP contribution is -2.50. The molecule has 0 saturated carbocycles. The number of hydrogen-bond donors (Lipinski definition) is 3. The minimum Gasteiger partial charge on any atom is -0.346 e. The molecule has 0 bridgehead atoms. The van der Waals surface area contributed by atoms with Crippen LogP contribution in [0.1, 0.15) is 51.4 Å². The van der Waals surface area contributed by atoms with Crippen LogP contribution >= 0.6 is 11.6 Å². The number of rotatable bonds is 7. The maximum Gasteiger partial charge on any atom is 0.240 e. The fourth-order valence-electron chi connectivity index (χ4n) is 3.06. The predicted molar refractivity (Wildman–Crippen MR) is 116 cm³/mol. The van der Waals surface area contributed by atoms with Crippen LogP contribution in [0.5, 0.6) is 0 Å². The highest BCUT2D eigenvalue weighted by Gasteiger charge is 2.27. The third kappa shape index (κ3) is 5.33. The molecule has 0 aliphatic carbocycles. The van der Waals surface area contributed by atoms with E-state index in [1.54, 1.807) is 19.9 Å². The third-order valence-corrected chi connectivity index (χ3v) is 4.82. The topological polar surface area (TPSA) is 83.8 Å². The van der Waals surface area contributed by atoms with E-state index in [-0.39, 0.29) is 19.4 Å². The van der Waals surface area contributed by atoms with Gasteiger partial charge in [-0.2, -0.15) is 5.10 Å². The van der Waals surface area contributed by atoms with Crippen LogP contribution < -0.4 is 11.1 Å². The number of aryl methyl sites for hydroxylation is 1. The highest BCUT2D eigenvalue weighted by Crippen LogP contribution is 2.28. The standard InChI is InChI=1S/C21H25ClN4O.CH4/c1-21(2,23)20(27)24-18(10-6-9-14-7-4-3-5-8-14)19-16-13-15(22)11-12-17(16)25-26-19;/h3-5,7-8,11-13,18H,6,9-10,23H2,1-2H3,(H,24,27)(H,25,26);1H4. The number of aromatic amines is 1. The van der Waals surface area contributed by atoms with E-state index in [9.17, 15) is 4.79 Å². The van der Waals surface area contributed by atoms with Crippen molar-refractivity contribution < 1.29 is 4.79 Å². The lowest BCUT2D eigenvalue weighted by atomic mass is 9.99. The van der Waals surface area contributed by atoms with Gasteiger partial charge >= 0.3 is 0 Å². The van der Waals surface area contributed by atoms with Gasteiger partial charge < -0.3 is 11.1 Å². The number of halogens is 1. The summed E-state index contributed by atoms with van der Waals surface area (Å²) in [5.41, 5.74) is 7.98. The molecule has 1 unspecified atom stereocenters. The van der Waals surface area contributed by atoms with Crippen LogP contribution in [0.15, 0.2) is 48.5 Å². The van der Waals surface area contributed by atoms with E-state index in [0.29, 0.717) is 5.02 Å². The second-order valence-electron chi connectivity index (χ2n) is 7.42. The van der Waals surface area contributed by atoms with E-state index in [1.165, 1.54) is 5.56 Å². The fourth-order valence-corrected chi connectivity index (χ4v) is 3.23. The summed E-state index contributed by atoms with van der Waals surface area (Å²) in [5.74, 6) is -0.197. The van der Waals surface area contributed by atoms with Gasteiger partial charge in [0.25, 0.3) is 0 Å². The average molecular weight is 401 g/mol. The Bertz CT molecular complexity index is 915. The Hall–Kier alpha value is -2.37. The number of nitrogens with two attached hydrogens (primary N) is 1. The number of aromatic nitrogens is 2. The van der Waals surface area contributed by atoms with Crippen LogP contribution in [0.4, 0.5) is 0 Å². The van der Waals surface area contributed by atoms with Gasteiger partial charge in [-0.05, 0) is 56.9 Å². The molecule has 2 aromatic carbocycles. The number of H-pyrrole nitrogens is 1. The Labute approximate surface area is 171 Å². The van der Waals surface area contributed by atoms with E-state index < -0.39 is 5.54 Å². The highest BCUT2D eigenvalue weighted by molar-refractivity contribution is 6.31. The summed E-state index contributed by atoms with van der Waals surface area (Å²) in [4.78, 5) is 12.5. The van der Waals surface area contributed by atoms with Crippen LogP contribution in [0, 0.1) is 0 Å². The largest absolute Gasteiger partial charge is 0.346 e. The lowest BCUT2D eigenvalue weighted by molar-refractivity contribution is -0.126. The molecule has 1 amide bonds. The molecule has 3 aromatic rings. The molecular formula is C22H29ClN4O. The summed E-state index contributed by atoms with van der Waals surface area (Å²) in [7, 11) is 0. The van der Waals surface area contributed by atoms with Gasteiger partial charge in [0.15, 0.2) is 0 Å². The van der Waals surface area contributed by atoms with Crippen LogP contribution in [-0.2, 0) is 11.2 Å². The molecule has 150 valence electrons. The van der Waals surface area contributed by atoms with Gasteiger partial charge in [0.2, 0.25) is 5.91 Å². The van der Waals surface area contributed by atoms with Crippen LogP contribution in [0.3, 0.4) is 0 Å². The summed E-state index contributed by atoms with van der Waals surface area (Å²) in [6.07, 6.45) is 2.62. The van der Waals surface area contributed by atoms with Crippen molar-refractivity contribution in [3.8, 4) is 0 Å². The first-order chi connectivity index (χ1) is 12.8. The summed E-state index contributed by atoms with van der Waals surface area (Å²) in [5, 5.41) is 12.1. The fraction of sp³-hybridized carbons (Fsp3) is 0.364. The quantitative estimate of drug-likeness (QED) is 0.534. The Morgan fingerprint density at radius 1 is 1.25 bits per heavy atom. The van der Waals surface area contributed by atoms with E-state index >= 15 is 0 Å². The van der Waals surface area contributed by atoms with Crippen molar-refractivity contribution in [3.05, 3.63) is 64.8 Å².